The van der Waals surface area contributed by atoms with E-state index in [1.165, 1.54) is 19.1 Å². The molecular weight excluding hydrogens is 355 g/mol. The third-order valence-corrected chi connectivity index (χ3v) is 3.02. The van der Waals surface area contributed by atoms with Crippen LogP contribution in [0.15, 0.2) is 18.2 Å². The summed E-state index contributed by atoms with van der Waals surface area (Å²) in [6.45, 7) is 1.35. The molecule has 0 aromatic heterocycles. The predicted molar refractivity (Wildman–Crippen MR) is 63.8 cm³/mol. The maximum atomic E-state index is 12.7. The summed E-state index contributed by atoms with van der Waals surface area (Å²) in [4.78, 5) is 11.6. The van der Waals surface area contributed by atoms with Gasteiger partial charge in [0.05, 0.1) is 10.9 Å². The van der Waals surface area contributed by atoms with Crippen LogP contribution in [-0.4, -0.2) is 11.2 Å². The van der Waals surface area contributed by atoms with Crippen LogP contribution in [-0.2, 0) is 6.18 Å². The Morgan fingerprint density at radius 2 is 2.00 bits per heavy atom. The van der Waals surface area contributed by atoms with Crippen LogP contribution in [0.2, 0.25) is 0 Å². The van der Waals surface area contributed by atoms with Gasteiger partial charge in [-0.3, -0.25) is 4.79 Å². The lowest BCUT2D eigenvalue weighted by molar-refractivity contribution is -0.138. The zero-order valence-electron chi connectivity index (χ0n) is 8.11. The van der Waals surface area contributed by atoms with Crippen LogP contribution in [0.5, 0.6) is 0 Å². The van der Waals surface area contributed by atoms with Crippen molar-refractivity contribution in [3.8, 4) is 0 Å². The second-order valence-electron chi connectivity index (χ2n) is 3.14. The molecule has 0 fully saturated rings. The van der Waals surface area contributed by atoms with E-state index < -0.39 is 22.9 Å². The average Bonchev–Trinajstić information content (AvgIpc) is 2.14. The van der Waals surface area contributed by atoms with Crippen molar-refractivity contribution >= 4 is 40.0 Å². The molecule has 0 radical (unpaired) electrons. The highest BCUT2D eigenvalue weighted by Crippen LogP contribution is 2.34. The molecule has 88 valence electrons. The zero-order chi connectivity index (χ0) is 12.5. The maximum absolute atomic E-state index is 12.7. The van der Waals surface area contributed by atoms with Crippen molar-refractivity contribution in [2.24, 2.45) is 0 Å². The molecule has 1 atom stereocenters. The van der Waals surface area contributed by atoms with E-state index >= 15 is 0 Å². The van der Waals surface area contributed by atoms with E-state index in [9.17, 15) is 18.0 Å². The van der Waals surface area contributed by atoms with Crippen LogP contribution in [0.25, 0.3) is 0 Å². The highest BCUT2D eigenvalue weighted by molar-refractivity contribution is 14.1. The number of rotatable bonds is 2. The maximum Gasteiger partial charge on any atom is 0.417 e. The number of hydrogen-bond donors (Lipinski definition) is 0. The molecule has 1 nitrogen and oxygen atoms in total. The molecular formula is C10H7ClF3IO. The van der Waals surface area contributed by atoms with Gasteiger partial charge in [0.15, 0.2) is 5.78 Å². The SMILES string of the molecule is CC(Cl)C(=O)c1c(I)cccc1C(F)(F)F. The molecule has 0 saturated heterocycles. The summed E-state index contributed by atoms with van der Waals surface area (Å²) in [5, 5.41) is -0.975. The fourth-order valence-electron chi connectivity index (χ4n) is 1.21. The van der Waals surface area contributed by atoms with Gasteiger partial charge in [-0.1, -0.05) is 6.07 Å². The van der Waals surface area contributed by atoms with Gasteiger partial charge in [-0.15, -0.1) is 11.6 Å². The first kappa shape index (κ1) is 13.8. The average molecular weight is 363 g/mol. The van der Waals surface area contributed by atoms with Crippen molar-refractivity contribution in [2.75, 3.05) is 0 Å². The highest BCUT2D eigenvalue weighted by Gasteiger charge is 2.36. The molecule has 1 aromatic rings. The lowest BCUT2D eigenvalue weighted by Crippen LogP contribution is -2.19. The second-order valence-corrected chi connectivity index (χ2v) is 4.96. The van der Waals surface area contributed by atoms with Gasteiger partial charge in [-0.2, -0.15) is 13.2 Å². The Kier molecular flexibility index (Phi) is 4.23. The van der Waals surface area contributed by atoms with Gasteiger partial charge in [0, 0.05) is 9.13 Å². The van der Waals surface area contributed by atoms with E-state index in [-0.39, 0.29) is 9.13 Å². The summed E-state index contributed by atoms with van der Waals surface area (Å²) in [5.41, 5.74) is -1.28. The third kappa shape index (κ3) is 2.88. The van der Waals surface area contributed by atoms with E-state index in [2.05, 4.69) is 0 Å². The van der Waals surface area contributed by atoms with E-state index in [1.807, 2.05) is 0 Å². The smallest absolute Gasteiger partial charge is 0.292 e. The molecule has 0 aliphatic carbocycles. The number of halogens is 5. The Labute approximate surface area is 109 Å². The number of ketones is 1. The fourth-order valence-corrected chi connectivity index (χ4v) is 2.08. The molecule has 16 heavy (non-hydrogen) atoms. The van der Waals surface area contributed by atoms with Crippen molar-refractivity contribution in [3.63, 3.8) is 0 Å². The Balaban J connectivity index is 3.41. The van der Waals surface area contributed by atoms with E-state index in [0.29, 0.717) is 0 Å². The second kappa shape index (κ2) is 4.91. The quantitative estimate of drug-likeness (QED) is 0.439. The van der Waals surface area contributed by atoms with E-state index in [1.54, 1.807) is 22.6 Å². The van der Waals surface area contributed by atoms with Crippen LogP contribution >= 0.6 is 34.2 Å². The molecule has 0 amide bonds. The molecule has 0 N–H and O–H groups in total. The van der Waals surface area contributed by atoms with Crippen molar-refractivity contribution in [1.29, 1.82) is 0 Å². The van der Waals surface area contributed by atoms with Gasteiger partial charge in [0.2, 0.25) is 0 Å². The lowest BCUT2D eigenvalue weighted by atomic mass is 10.0. The molecule has 0 heterocycles. The highest BCUT2D eigenvalue weighted by atomic mass is 127. The number of carbonyl (C=O) groups is 1. The first-order valence-corrected chi connectivity index (χ1v) is 5.80. The summed E-state index contributed by atoms with van der Waals surface area (Å²) in [6.07, 6.45) is -4.54. The van der Waals surface area contributed by atoms with E-state index in [4.69, 9.17) is 11.6 Å². The first-order chi connectivity index (χ1) is 7.25. The molecule has 0 bridgehead atoms. The summed E-state index contributed by atoms with van der Waals surface area (Å²) in [7, 11) is 0. The molecule has 0 aliphatic rings. The van der Waals surface area contributed by atoms with Gasteiger partial charge in [0.1, 0.15) is 0 Å². The van der Waals surface area contributed by atoms with Crippen molar-refractivity contribution in [2.45, 2.75) is 18.5 Å². The van der Waals surface area contributed by atoms with Crippen LogP contribution in [0.4, 0.5) is 13.2 Å². The molecule has 0 aliphatic heterocycles. The minimum Gasteiger partial charge on any atom is -0.292 e. The van der Waals surface area contributed by atoms with Crippen molar-refractivity contribution in [3.05, 3.63) is 32.9 Å². The van der Waals surface area contributed by atoms with Crippen molar-refractivity contribution in [1.82, 2.24) is 0 Å². The summed E-state index contributed by atoms with van der Waals surface area (Å²) >= 11 is 7.23. The molecule has 1 aromatic carbocycles. The summed E-state index contributed by atoms with van der Waals surface area (Å²) in [5.74, 6) is -0.709. The normalized spacial score (nSPS) is 13.6. The Morgan fingerprint density at radius 1 is 1.44 bits per heavy atom. The molecule has 6 heteroatoms. The van der Waals surface area contributed by atoms with Gasteiger partial charge < -0.3 is 0 Å². The number of carbonyl (C=O) groups excluding carboxylic acids is 1. The molecule has 0 saturated carbocycles. The van der Waals surface area contributed by atoms with Gasteiger partial charge in [0.25, 0.3) is 0 Å². The number of benzene rings is 1. The van der Waals surface area contributed by atoms with Crippen LogP contribution in [0.1, 0.15) is 22.8 Å². The number of Topliss-reactive ketones (excluding diaryl/α,β-unsaturated/α-hetero) is 1. The van der Waals surface area contributed by atoms with Crippen LogP contribution < -0.4 is 0 Å². The zero-order valence-corrected chi connectivity index (χ0v) is 11.0. The number of alkyl halides is 4. The summed E-state index contributed by atoms with van der Waals surface area (Å²) < 4.78 is 38.2. The lowest BCUT2D eigenvalue weighted by Gasteiger charge is -2.14. The molecule has 1 unspecified atom stereocenters. The van der Waals surface area contributed by atoms with Crippen LogP contribution in [0, 0.1) is 3.57 Å². The molecule has 1 rings (SSSR count). The topological polar surface area (TPSA) is 17.1 Å². The number of hydrogen-bond acceptors (Lipinski definition) is 1. The first-order valence-electron chi connectivity index (χ1n) is 4.29. The summed E-state index contributed by atoms with van der Waals surface area (Å²) in [6, 6.07) is 3.59. The van der Waals surface area contributed by atoms with Gasteiger partial charge in [-0.05, 0) is 41.6 Å². The molecule has 0 spiro atoms. The minimum atomic E-state index is -4.54. The van der Waals surface area contributed by atoms with E-state index in [0.717, 1.165) is 6.07 Å². The fraction of sp³-hybridized carbons (Fsp3) is 0.300. The monoisotopic (exact) mass is 362 g/mol. The largest absolute Gasteiger partial charge is 0.417 e. The third-order valence-electron chi connectivity index (χ3n) is 1.93. The Bertz CT molecular complexity index is 415. The Morgan fingerprint density at radius 3 is 2.44 bits per heavy atom. The van der Waals surface area contributed by atoms with Gasteiger partial charge in [-0.25, -0.2) is 0 Å². The van der Waals surface area contributed by atoms with Gasteiger partial charge >= 0.3 is 6.18 Å². The van der Waals surface area contributed by atoms with Crippen LogP contribution in [0.3, 0.4) is 0 Å². The predicted octanol–water partition coefficient (Wildman–Crippen LogP) is 4.12. The standard InChI is InChI=1S/C10H7ClF3IO/c1-5(11)9(16)8-6(10(12,13)14)3-2-4-7(8)15/h2-5H,1H3. The van der Waals surface area contributed by atoms with Crippen molar-refractivity contribution < 1.29 is 18.0 Å². The Hall–Kier alpha value is -0.300. The minimum absolute atomic E-state index is 0.255.